The van der Waals surface area contributed by atoms with E-state index in [4.69, 9.17) is 4.99 Å². The van der Waals surface area contributed by atoms with Gasteiger partial charge in [0.15, 0.2) is 6.29 Å². The summed E-state index contributed by atoms with van der Waals surface area (Å²) >= 11 is 0. The fourth-order valence-electron chi connectivity index (χ4n) is 4.20. The van der Waals surface area contributed by atoms with Crippen LogP contribution >= 0.6 is 0 Å². The quantitative estimate of drug-likeness (QED) is 0.712. The lowest BCUT2D eigenvalue weighted by Crippen LogP contribution is -1.99. The predicted octanol–water partition coefficient (Wildman–Crippen LogP) is 5.31. The van der Waals surface area contributed by atoms with Crippen molar-refractivity contribution in [3.63, 3.8) is 0 Å². The molecule has 2 aromatic rings. The second-order valence-corrected chi connectivity index (χ2v) is 7.55. The van der Waals surface area contributed by atoms with Crippen LogP contribution in [0.5, 0.6) is 0 Å². The van der Waals surface area contributed by atoms with Crippen LogP contribution in [0.1, 0.15) is 74.0 Å². The summed E-state index contributed by atoms with van der Waals surface area (Å²) in [7, 11) is 0. The molecule has 0 fully saturated rings. The van der Waals surface area contributed by atoms with Crippen molar-refractivity contribution in [2.24, 2.45) is 4.99 Å². The SMILES string of the molecule is CCC1CCCCCCc2cc1c(C=C1N=C(c3ccc[nH]3)C=C1C=O)[nH]2. The van der Waals surface area contributed by atoms with E-state index in [1.807, 2.05) is 24.4 Å². The van der Waals surface area contributed by atoms with Gasteiger partial charge in [-0.2, -0.15) is 0 Å². The van der Waals surface area contributed by atoms with E-state index in [0.717, 1.165) is 41.9 Å². The summed E-state index contributed by atoms with van der Waals surface area (Å²) in [6, 6.07) is 6.26. The van der Waals surface area contributed by atoms with Crippen molar-refractivity contribution >= 4 is 18.1 Å². The van der Waals surface area contributed by atoms with Gasteiger partial charge < -0.3 is 9.97 Å². The molecule has 140 valence electrons. The van der Waals surface area contributed by atoms with Crippen molar-refractivity contribution in [2.45, 2.75) is 57.8 Å². The Hall–Kier alpha value is -2.62. The van der Waals surface area contributed by atoms with Gasteiger partial charge >= 0.3 is 0 Å². The second-order valence-electron chi connectivity index (χ2n) is 7.55. The van der Waals surface area contributed by atoms with Crippen LogP contribution in [0.2, 0.25) is 0 Å². The molecule has 2 aromatic heterocycles. The molecule has 0 saturated heterocycles. The molecule has 0 radical (unpaired) electrons. The summed E-state index contributed by atoms with van der Waals surface area (Å²) in [6.45, 7) is 2.27. The summed E-state index contributed by atoms with van der Waals surface area (Å²) in [5.74, 6) is 0.567. The van der Waals surface area contributed by atoms with Crippen LogP contribution < -0.4 is 0 Å². The van der Waals surface area contributed by atoms with E-state index >= 15 is 0 Å². The molecule has 1 atom stereocenters. The number of fused-ring (bicyclic) bond motifs is 2. The van der Waals surface area contributed by atoms with Crippen molar-refractivity contribution in [1.82, 2.24) is 9.97 Å². The summed E-state index contributed by atoms with van der Waals surface area (Å²) in [4.78, 5) is 23.1. The molecular formula is C23H27N3O. The molecular weight excluding hydrogens is 334 g/mol. The zero-order valence-electron chi connectivity index (χ0n) is 15.9. The van der Waals surface area contributed by atoms with Gasteiger partial charge in [-0.05, 0) is 67.5 Å². The Labute approximate surface area is 160 Å². The molecule has 0 saturated carbocycles. The number of nitrogens with one attached hydrogen (secondary N) is 2. The van der Waals surface area contributed by atoms with Gasteiger partial charge in [0, 0.05) is 23.2 Å². The van der Waals surface area contributed by atoms with Gasteiger partial charge in [-0.25, -0.2) is 4.99 Å². The average molecular weight is 361 g/mol. The summed E-state index contributed by atoms with van der Waals surface area (Å²) in [5, 5.41) is 0. The minimum atomic E-state index is 0.567. The number of aldehydes is 1. The Bertz CT molecular complexity index is 896. The number of hydrogen-bond donors (Lipinski definition) is 2. The average Bonchev–Trinajstić information content (AvgIpc) is 3.41. The molecule has 2 bridgehead atoms. The van der Waals surface area contributed by atoms with Crippen LogP contribution in [0.3, 0.4) is 0 Å². The Morgan fingerprint density at radius 2 is 2.15 bits per heavy atom. The number of allylic oxidation sites excluding steroid dienone is 2. The minimum absolute atomic E-state index is 0.567. The first kappa shape index (κ1) is 17.8. The predicted molar refractivity (Wildman–Crippen MR) is 110 cm³/mol. The highest BCUT2D eigenvalue weighted by Gasteiger charge is 2.20. The number of carbonyl (C=O) groups is 1. The first-order chi connectivity index (χ1) is 13.3. The molecule has 0 spiro atoms. The first-order valence-corrected chi connectivity index (χ1v) is 10.1. The molecule has 27 heavy (non-hydrogen) atoms. The van der Waals surface area contributed by atoms with Gasteiger partial charge in [0.1, 0.15) is 0 Å². The maximum atomic E-state index is 11.6. The molecule has 3 heterocycles. The van der Waals surface area contributed by atoms with Crippen molar-refractivity contribution in [2.75, 3.05) is 0 Å². The standard InChI is InChI=1S/C23H27N3O/c1-2-16-8-5-3-4-6-9-18-13-19(16)22(25-18)14-21-17(15-27)12-23(26-21)20-10-7-11-24-20/h7,10-16,24-25H,2-6,8-9H2,1H3. The van der Waals surface area contributed by atoms with E-state index in [9.17, 15) is 4.79 Å². The highest BCUT2D eigenvalue weighted by Crippen LogP contribution is 2.33. The lowest BCUT2D eigenvalue weighted by atomic mass is 9.89. The van der Waals surface area contributed by atoms with E-state index in [1.54, 1.807) is 0 Å². The van der Waals surface area contributed by atoms with Crippen LogP contribution in [0.25, 0.3) is 6.08 Å². The number of hydrogen-bond acceptors (Lipinski definition) is 2. The summed E-state index contributed by atoms with van der Waals surface area (Å²) in [5.41, 5.74) is 6.94. The number of aromatic nitrogens is 2. The maximum Gasteiger partial charge on any atom is 0.152 e. The van der Waals surface area contributed by atoms with Gasteiger partial charge in [0.2, 0.25) is 0 Å². The maximum absolute atomic E-state index is 11.6. The van der Waals surface area contributed by atoms with Crippen LogP contribution in [0, 0.1) is 0 Å². The Morgan fingerprint density at radius 3 is 2.93 bits per heavy atom. The molecule has 2 N–H and O–H groups in total. The summed E-state index contributed by atoms with van der Waals surface area (Å²) in [6.07, 6.45) is 15.3. The zero-order chi connectivity index (χ0) is 18.6. The highest BCUT2D eigenvalue weighted by atomic mass is 16.1. The molecule has 1 unspecified atom stereocenters. The number of rotatable bonds is 4. The normalized spacial score (nSPS) is 21.8. The monoisotopic (exact) mass is 361 g/mol. The van der Waals surface area contributed by atoms with Gasteiger partial charge in [-0.3, -0.25) is 4.79 Å². The van der Waals surface area contributed by atoms with Crippen LogP contribution in [-0.4, -0.2) is 22.0 Å². The van der Waals surface area contributed by atoms with Gasteiger partial charge in [0.05, 0.1) is 17.1 Å². The second kappa shape index (κ2) is 7.95. The topological polar surface area (TPSA) is 61.0 Å². The Kier molecular flexibility index (Phi) is 5.23. The molecule has 1 aliphatic carbocycles. The van der Waals surface area contributed by atoms with Gasteiger partial charge in [0.25, 0.3) is 0 Å². The van der Waals surface area contributed by atoms with Crippen molar-refractivity contribution in [3.8, 4) is 0 Å². The highest BCUT2D eigenvalue weighted by molar-refractivity contribution is 6.14. The molecule has 1 aliphatic heterocycles. The molecule has 4 rings (SSSR count). The Balaban J connectivity index is 1.73. The van der Waals surface area contributed by atoms with Gasteiger partial charge in [-0.1, -0.05) is 26.2 Å². The third kappa shape index (κ3) is 3.75. The van der Waals surface area contributed by atoms with E-state index in [1.165, 1.54) is 43.4 Å². The number of aliphatic imine (C=N–C) groups is 1. The van der Waals surface area contributed by atoms with Crippen molar-refractivity contribution < 1.29 is 4.79 Å². The first-order valence-electron chi connectivity index (χ1n) is 10.1. The zero-order valence-corrected chi connectivity index (χ0v) is 15.9. The van der Waals surface area contributed by atoms with Crippen LogP contribution in [0.15, 0.2) is 46.7 Å². The van der Waals surface area contributed by atoms with Crippen molar-refractivity contribution in [1.29, 1.82) is 0 Å². The number of aromatic amines is 2. The smallest absolute Gasteiger partial charge is 0.152 e. The summed E-state index contributed by atoms with van der Waals surface area (Å²) < 4.78 is 0. The van der Waals surface area contributed by atoms with Crippen LogP contribution in [-0.2, 0) is 11.2 Å². The molecule has 4 heteroatoms. The molecule has 2 aliphatic rings. The largest absolute Gasteiger partial charge is 0.360 e. The number of aryl methyl sites for hydroxylation is 1. The lowest BCUT2D eigenvalue weighted by Gasteiger charge is -2.15. The van der Waals surface area contributed by atoms with E-state index in [0.29, 0.717) is 11.5 Å². The molecule has 4 nitrogen and oxygen atoms in total. The van der Waals surface area contributed by atoms with E-state index < -0.39 is 0 Å². The number of carbonyl (C=O) groups excluding carboxylic acids is 1. The third-order valence-electron chi connectivity index (χ3n) is 5.73. The third-order valence-corrected chi connectivity index (χ3v) is 5.73. The Morgan fingerprint density at radius 1 is 1.26 bits per heavy atom. The number of nitrogens with zero attached hydrogens (tertiary/aromatic N) is 1. The fraction of sp³-hybridized carbons (Fsp3) is 0.391. The van der Waals surface area contributed by atoms with Gasteiger partial charge in [-0.15, -0.1) is 0 Å². The van der Waals surface area contributed by atoms with E-state index in [-0.39, 0.29) is 0 Å². The molecule has 0 amide bonds. The fourth-order valence-corrected chi connectivity index (χ4v) is 4.20. The van der Waals surface area contributed by atoms with E-state index in [2.05, 4.69) is 29.0 Å². The van der Waals surface area contributed by atoms with Crippen molar-refractivity contribution in [3.05, 3.63) is 64.4 Å². The van der Waals surface area contributed by atoms with Crippen LogP contribution in [0.4, 0.5) is 0 Å². The molecule has 0 aromatic carbocycles. The minimum Gasteiger partial charge on any atom is -0.360 e. The number of H-pyrrole nitrogens is 2. The lowest BCUT2D eigenvalue weighted by molar-refractivity contribution is -0.104.